The van der Waals surface area contributed by atoms with Crippen molar-refractivity contribution in [3.05, 3.63) is 0 Å². The number of hydrogen-bond donors (Lipinski definition) is 2. The van der Waals surface area contributed by atoms with Crippen molar-refractivity contribution in [2.24, 2.45) is 11.7 Å². The van der Waals surface area contributed by atoms with Crippen LogP contribution in [0.1, 0.15) is 38.5 Å². The highest BCUT2D eigenvalue weighted by molar-refractivity contribution is 4.65. The van der Waals surface area contributed by atoms with Gasteiger partial charge in [-0.25, -0.2) is 0 Å². The zero-order chi connectivity index (χ0) is 10.2. The highest BCUT2D eigenvalue weighted by atomic mass is 16.5. The lowest BCUT2D eigenvalue weighted by Crippen LogP contribution is -2.26. The first-order valence-corrected chi connectivity index (χ1v) is 5.77. The van der Waals surface area contributed by atoms with Crippen LogP contribution in [0, 0.1) is 5.92 Å². The van der Waals surface area contributed by atoms with Gasteiger partial charge < -0.3 is 15.6 Å². The fourth-order valence-corrected chi connectivity index (χ4v) is 1.93. The molecule has 1 atom stereocenters. The second-order valence-corrected chi connectivity index (χ2v) is 4.31. The maximum Gasteiger partial charge on any atom is 0.0583 e. The molecule has 0 bridgehead atoms. The maximum atomic E-state index is 8.70. The minimum Gasteiger partial charge on any atom is -0.395 e. The molecule has 0 aromatic rings. The van der Waals surface area contributed by atoms with Crippen molar-refractivity contribution in [2.45, 2.75) is 44.6 Å². The molecule has 1 aliphatic carbocycles. The van der Waals surface area contributed by atoms with E-state index in [1.807, 2.05) is 0 Å². The number of aliphatic hydroxyl groups excluding tert-OH is 1. The van der Waals surface area contributed by atoms with Crippen molar-refractivity contribution in [1.29, 1.82) is 0 Å². The Balaban J connectivity index is 1.92. The summed E-state index contributed by atoms with van der Waals surface area (Å²) in [6.45, 7) is 1.64. The summed E-state index contributed by atoms with van der Waals surface area (Å²) in [5.41, 5.74) is 5.56. The highest BCUT2D eigenvalue weighted by Gasteiger charge is 2.13. The summed E-state index contributed by atoms with van der Waals surface area (Å²) in [5, 5.41) is 8.70. The molecule has 3 nitrogen and oxygen atoms in total. The third kappa shape index (κ3) is 4.94. The lowest BCUT2D eigenvalue weighted by atomic mass is 9.90. The molecule has 14 heavy (non-hydrogen) atoms. The van der Waals surface area contributed by atoms with Crippen LogP contribution in [-0.4, -0.2) is 31.0 Å². The number of hydrogen-bond acceptors (Lipinski definition) is 3. The van der Waals surface area contributed by atoms with Gasteiger partial charge in [0.15, 0.2) is 0 Å². The van der Waals surface area contributed by atoms with Gasteiger partial charge in [0.25, 0.3) is 0 Å². The van der Waals surface area contributed by atoms with Crippen molar-refractivity contribution in [3.8, 4) is 0 Å². The summed E-state index contributed by atoms with van der Waals surface area (Å²) in [6.07, 6.45) is 7.54. The molecule has 0 aromatic carbocycles. The molecule has 0 aromatic heterocycles. The first-order valence-electron chi connectivity index (χ1n) is 5.77. The predicted molar refractivity (Wildman–Crippen MR) is 57.1 cm³/mol. The fraction of sp³-hybridized carbons (Fsp3) is 1.00. The standard InChI is InChI=1S/C11H23NO2/c12-11(8-13)6-7-14-9-10-4-2-1-3-5-10/h10-11,13H,1-9,12H2. The summed E-state index contributed by atoms with van der Waals surface area (Å²) >= 11 is 0. The van der Waals surface area contributed by atoms with Gasteiger partial charge in [-0.3, -0.25) is 0 Å². The molecule has 0 heterocycles. The molecule has 0 amide bonds. The molecular weight excluding hydrogens is 178 g/mol. The number of nitrogens with two attached hydrogens (primary N) is 1. The average Bonchev–Trinajstić information content (AvgIpc) is 2.25. The number of aliphatic hydroxyl groups is 1. The van der Waals surface area contributed by atoms with E-state index in [-0.39, 0.29) is 12.6 Å². The third-order valence-corrected chi connectivity index (χ3v) is 2.95. The van der Waals surface area contributed by atoms with Gasteiger partial charge in [-0.05, 0) is 25.2 Å². The van der Waals surface area contributed by atoms with Gasteiger partial charge in [0.2, 0.25) is 0 Å². The number of rotatable bonds is 6. The molecule has 3 heteroatoms. The largest absolute Gasteiger partial charge is 0.395 e. The molecule has 0 aliphatic heterocycles. The van der Waals surface area contributed by atoms with Crippen LogP contribution in [0.5, 0.6) is 0 Å². The van der Waals surface area contributed by atoms with Crippen LogP contribution in [0.25, 0.3) is 0 Å². The summed E-state index contributed by atoms with van der Waals surface area (Å²) in [4.78, 5) is 0. The van der Waals surface area contributed by atoms with Crippen molar-refractivity contribution in [3.63, 3.8) is 0 Å². The van der Waals surface area contributed by atoms with E-state index in [0.717, 1.165) is 18.9 Å². The predicted octanol–water partition coefficient (Wildman–Crippen LogP) is 1.29. The van der Waals surface area contributed by atoms with Crippen LogP contribution < -0.4 is 5.73 Å². The summed E-state index contributed by atoms with van der Waals surface area (Å²) in [6, 6.07) is -0.110. The number of ether oxygens (including phenoxy) is 1. The average molecular weight is 201 g/mol. The van der Waals surface area contributed by atoms with E-state index in [9.17, 15) is 0 Å². The van der Waals surface area contributed by atoms with E-state index in [2.05, 4.69) is 0 Å². The molecule has 0 radical (unpaired) electrons. The van der Waals surface area contributed by atoms with Crippen LogP contribution in [0.2, 0.25) is 0 Å². The Morgan fingerprint density at radius 1 is 1.29 bits per heavy atom. The van der Waals surface area contributed by atoms with Gasteiger partial charge in [-0.2, -0.15) is 0 Å². The molecule has 0 spiro atoms. The van der Waals surface area contributed by atoms with Gasteiger partial charge in [0.1, 0.15) is 0 Å². The minimum absolute atomic E-state index is 0.0623. The van der Waals surface area contributed by atoms with Gasteiger partial charge in [-0.1, -0.05) is 19.3 Å². The van der Waals surface area contributed by atoms with Crippen LogP contribution >= 0.6 is 0 Å². The van der Waals surface area contributed by atoms with Gasteiger partial charge in [0.05, 0.1) is 6.61 Å². The van der Waals surface area contributed by atoms with Gasteiger partial charge >= 0.3 is 0 Å². The van der Waals surface area contributed by atoms with E-state index < -0.39 is 0 Å². The van der Waals surface area contributed by atoms with E-state index >= 15 is 0 Å². The molecule has 1 rings (SSSR count). The van der Waals surface area contributed by atoms with Gasteiger partial charge in [-0.15, -0.1) is 0 Å². The molecule has 3 N–H and O–H groups in total. The van der Waals surface area contributed by atoms with E-state index in [0.29, 0.717) is 6.61 Å². The first-order chi connectivity index (χ1) is 6.83. The second kappa shape index (κ2) is 7.21. The molecule has 0 saturated heterocycles. The molecule has 1 saturated carbocycles. The zero-order valence-corrected chi connectivity index (χ0v) is 8.95. The quantitative estimate of drug-likeness (QED) is 0.637. The minimum atomic E-state index is -0.110. The van der Waals surface area contributed by atoms with Crippen molar-refractivity contribution < 1.29 is 9.84 Å². The monoisotopic (exact) mass is 201 g/mol. The van der Waals surface area contributed by atoms with E-state index in [4.69, 9.17) is 15.6 Å². The molecular formula is C11H23NO2. The van der Waals surface area contributed by atoms with Crippen LogP contribution in [0.3, 0.4) is 0 Å². The van der Waals surface area contributed by atoms with Crippen LogP contribution in [-0.2, 0) is 4.74 Å². The Bertz CT molecular complexity index is 135. The smallest absolute Gasteiger partial charge is 0.0583 e. The lowest BCUT2D eigenvalue weighted by molar-refractivity contribution is 0.0768. The Morgan fingerprint density at radius 2 is 2.00 bits per heavy atom. The maximum absolute atomic E-state index is 8.70. The van der Waals surface area contributed by atoms with E-state index in [1.165, 1.54) is 32.1 Å². The Labute approximate surface area is 86.6 Å². The lowest BCUT2D eigenvalue weighted by Gasteiger charge is -2.21. The molecule has 1 aliphatic rings. The SMILES string of the molecule is NC(CO)CCOCC1CCCCC1. The summed E-state index contributed by atoms with van der Waals surface area (Å²) in [5.74, 6) is 0.772. The zero-order valence-electron chi connectivity index (χ0n) is 8.95. The van der Waals surface area contributed by atoms with E-state index in [1.54, 1.807) is 0 Å². The summed E-state index contributed by atoms with van der Waals surface area (Å²) < 4.78 is 5.55. The fourth-order valence-electron chi connectivity index (χ4n) is 1.93. The Kier molecular flexibility index (Phi) is 6.15. The van der Waals surface area contributed by atoms with Crippen molar-refractivity contribution >= 4 is 0 Å². The topological polar surface area (TPSA) is 55.5 Å². The first kappa shape index (κ1) is 12.0. The Morgan fingerprint density at radius 3 is 2.64 bits per heavy atom. The third-order valence-electron chi connectivity index (χ3n) is 2.95. The molecule has 1 unspecified atom stereocenters. The van der Waals surface area contributed by atoms with Gasteiger partial charge in [0, 0.05) is 19.3 Å². The highest BCUT2D eigenvalue weighted by Crippen LogP contribution is 2.23. The van der Waals surface area contributed by atoms with Crippen LogP contribution in [0.15, 0.2) is 0 Å². The Hall–Kier alpha value is -0.120. The normalized spacial score (nSPS) is 21.0. The van der Waals surface area contributed by atoms with Crippen molar-refractivity contribution in [2.75, 3.05) is 19.8 Å². The molecule has 1 fully saturated rings. The molecule has 84 valence electrons. The van der Waals surface area contributed by atoms with Crippen LogP contribution in [0.4, 0.5) is 0 Å². The second-order valence-electron chi connectivity index (χ2n) is 4.31. The summed E-state index contributed by atoms with van der Waals surface area (Å²) in [7, 11) is 0. The van der Waals surface area contributed by atoms with Crippen molar-refractivity contribution in [1.82, 2.24) is 0 Å².